The Kier molecular flexibility index (Phi) is 7.00. The van der Waals surface area contributed by atoms with Gasteiger partial charge < -0.3 is 10.5 Å². The number of aromatic nitrogens is 3. The number of rotatable bonds is 9. The van der Waals surface area contributed by atoms with Crippen molar-refractivity contribution in [2.45, 2.75) is 46.6 Å². The van der Waals surface area contributed by atoms with Crippen LogP contribution in [0.4, 0.5) is 0 Å². The number of aryl methyl sites for hydroxylation is 1. The van der Waals surface area contributed by atoms with E-state index in [2.05, 4.69) is 49.1 Å². The van der Waals surface area contributed by atoms with E-state index in [1.54, 1.807) is 4.68 Å². The number of primary amides is 1. The van der Waals surface area contributed by atoms with Crippen molar-refractivity contribution in [1.29, 1.82) is 0 Å². The fraction of sp³-hybridized carbons (Fsp3) is 0.375. The summed E-state index contributed by atoms with van der Waals surface area (Å²) in [4.78, 5) is 16.2. The molecule has 0 spiro atoms. The van der Waals surface area contributed by atoms with E-state index >= 15 is 0 Å². The van der Waals surface area contributed by atoms with E-state index in [0.29, 0.717) is 11.7 Å². The molecule has 0 bridgehead atoms. The molecule has 2 N–H and O–H groups in total. The summed E-state index contributed by atoms with van der Waals surface area (Å²) in [6, 6.07) is 15.9. The van der Waals surface area contributed by atoms with Gasteiger partial charge in [0.05, 0.1) is 11.8 Å². The fourth-order valence-electron chi connectivity index (χ4n) is 3.42. The number of amides is 1. The van der Waals surface area contributed by atoms with Crippen LogP contribution in [0.5, 0.6) is 0 Å². The molecule has 3 aromatic rings. The largest absolute Gasteiger partial charge is 0.373 e. The van der Waals surface area contributed by atoms with Crippen molar-refractivity contribution < 1.29 is 9.53 Å². The maximum Gasteiger partial charge on any atom is 0.288 e. The smallest absolute Gasteiger partial charge is 0.288 e. The molecule has 30 heavy (non-hydrogen) atoms. The van der Waals surface area contributed by atoms with Crippen LogP contribution < -0.4 is 5.73 Å². The third-order valence-corrected chi connectivity index (χ3v) is 5.05. The maximum absolute atomic E-state index is 11.8. The summed E-state index contributed by atoms with van der Waals surface area (Å²) in [5.74, 6) is 0.251. The van der Waals surface area contributed by atoms with Gasteiger partial charge in [-0.1, -0.05) is 69.7 Å². The van der Waals surface area contributed by atoms with Gasteiger partial charge in [-0.25, -0.2) is 9.67 Å². The zero-order valence-corrected chi connectivity index (χ0v) is 18.1. The Morgan fingerprint density at radius 3 is 2.53 bits per heavy atom. The van der Waals surface area contributed by atoms with Crippen LogP contribution in [0, 0.1) is 12.8 Å². The first-order chi connectivity index (χ1) is 14.4. The number of carbonyl (C=O) groups excluding carboxylic acids is 1. The summed E-state index contributed by atoms with van der Waals surface area (Å²) < 4.78 is 7.91. The van der Waals surface area contributed by atoms with Crippen molar-refractivity contribution in [3.8, 4) is 17.1 Å². The molecule has 0 radical (unpaired) electrons. The molecule has 0 fully saturated rings. The highest BCUT2D eigenvalue weighted by Gasteiger charge is 2.21. The van der Waals surface area contributed by atoms with Crippen LogP contribution in [0.25, 0.3) is 17.1 Å². The van der Waals surface area contributed by atoms with Gasteiger partial charge in [0.15, 0.2) is 5.82 Å². The van der Waals surface area contributed by atoms with Gasteiger partial charge in [-0.15, -0.1) is 5.10 Å². The predicted molar refractivity (Wildman–Crippen MR) is 118 cm³/mol. The second kappa shape index (κ2) is 9.67. The summed E-state index contributed by atoms with van der Waals surface area (Å²) >= 11 is 0. The van der Waals surface area contributed by atoms with Gasteiger partial charge in [0, 0.05) is 12.2 Å². The third kappa shape index (κ3) is 4.76. The monoisotopic (exact) mass is 406 g/mol. The molecule has 0 saturated carbocycles. The van der Waals surface area contributed by atoms with E-state index < -0.39 is 5.91 Å². The summed E-state index contributed by atoms with van der Waals surface area (Å²) in [7, 11) is 0. The average molecular weight is 407 g/mol. The van der Waals surface area contributed by atoms with E-state index in [1.807, 2.05) is 37.3 Å². The summed E-state index contributed by atoms with van der Waals surface area (Å²) in [5, 5.41) is 4.43. The number of hydrogen-bond acceptors (Lipinski definition) is 4. The molecule has 0 saturated heterocycles. The number of nitrogens with two attached hydrogens (primary N) is 1. The Hall–Kier alpha value is -2.99. The standard InChI is InChI=1S/C24H30N4O2/c1-5-6-14-30-21(16(2)3)19-13-12-17(4)20(15-19)28-24(18-10-8-7-9-11-18)26-23(27-28)22(25)29/h7-13,15-16,21H,5-6,14H2,1-4H3,(H2,25,29). The van der Waals surface area contributed by atoms with Crippen molar-refractivity contribution >= 4 is 5.91 Å². The van der Waals surface area contributed by atoms with Gasteiger partial charge in [0.25, 0.3) is 5.91 Å². The minimum Gasteiger partial charge on any atom is -0.373 e. The molecule has 0 aliphatic carbocycles. The van der Waals surface area contributed by atoms with Gasteiger partial charge in [0.2, 0.25) is 5.82 Å². The quantitative estimate of drug-likeness (QED) is 0.515. The van der Waals surface area contributed by atoms with E-state index in [-0.39, 0.29) is 11.9 Å². The molecule has 6 heteroatoms. The number of hydrogen-bond donors (Lipinski definition) is 1. The molecule has 2 aromatic carbocycles. The van der Waals surface area contributed by atoms with Crippen molar-refractivity contribution in [2.75, 3.05) is 6.61 Å². The SMILES string of the molecule is CCCCOC(c1ccc(C)c(-n2nc(C(N)=O)nc2-c2ccccc2)c1)C(C)C. The lowest BCUT2D eigenvalue weighted by Gasteiger charge is -2.23. The predicted octanol–water partition coefficient (Wildman–Crippen LogP) is 4.86. The van der Waals surface area contributed by atoms with Gasteiger partial charge >= 0.3 is 0 Å². The normalized spacial score (nSPS) is 12.3. The van der Waals surface area contributed by atoms with Crippen LogP contribution >= 0.6 is 0 Å². The molecule has 1 amide bonds. The highest BCUT2D eigenvalue weighted by Crippen LogP contribution is 2.30. The Morgan fingerprint density at radius 2 is 1.90 bits per heavy atom. The molecular formula is C24H30N4O2. The minimum atomic E-state index is -0.650. The van der Waals surface area contributed by atoms with Crippen LogP contribution in [-0.4, -0.2) is 27.3 Å². The molecule has 158 valence electrons. The highest BCUT2D eigenvalue weighted by atomic mass is 16.5. The molecule has 6 nitrogen and oxygen atoms in total. The fourth-order valence-corrected chi connectivity index (χ4v) is 3.42. The Bertz CT molecular complexity index is 996. The van der Waals surface area contributed by atoms with Crippen LogP contribution in [0.15, 0.2) is 48.5 Å². The van der Waals surface area contributed by atoms with E-state index in [9.17, 15) is 4.79 Å². The maximum atomic E-state index is 11.8. The van der Waals surface area contributed by atoms with Crippen molar-refractivity contribution in [1.82, 2.24) is 14.8 Å². The van der Waals surface area contributed by atoms with Crippen LogP contribution in [-0.2, 0) is 4.74 Å². The second-order valence-corrected chi connectivity index (χ2v) is 7.84. The Labute approximate surface area is 178 Å². The van der Waals surface area contributed by atoms with Crippen LogP contribution in [0.1, 0.15) is 61.5 Å². The van der Waals surface area contributed by atoms with Gasteiger partial charge in [-0.3, -0.25) is 4.79 Å². The molecule has 1 heterocycles. The third-order valence-electron chi connectivity index (χ3n) is 5.05. The molecular weight excluding hydrogens is 376 g/mol. The number of ether oxygens (including phenoxy) is 1. The van der Waals surface area contributed by atoms with Gasteiger partial charge in [0.1, 0.15) is 0 Å². The number of benzene rings is 2. The number of unbranched alkanes of at least 4 members (excludes halogenated alkanes) is 1. The summed E-state index contributed by atoms with van der Waals surface area (Å²) in [5.41, 5.74) is 9.30. The van der Waals surface area contributed by atoms with E-state index in [0.717, 1.165) is 41.8 Å². The lowest BCUT2D eigenvalue weighted by atomic mass is 9.97. The lowest BCUT2D eigenvalue weighted by Crippen LogP contribution is -2.14. The number of carbonyl (C=O) groups is 1. The van der Waals surface area contributed by atoms with E-state index in [4.69, 9.17) is 10.5 Å². The lowest BCUT2D eigenvalue weighted by molar-refractivity contribution is 0.0194. The molecule has 0 aliphatic heterocycles. The first kappa shape index (κ1) is 21.7. The molecule has 0 aliphatic rings. The molecule has 1 unspecified atom stereocenters. The molecule has 3 rings (SSSR count). The molecule has 1 aromatic heterocycles. The average Bonchev–Trinajstić information content (AvgIpc) is 3.18. The van der Waals surface area contributed by atoms with Crippen molar-refractivity contribution in [3.63, 3.8) is 0 Å². The van der Waals surface area contributed by atoms with Crippen molar-refractivity contribution in [3.05, 3.63) is 65.5 Å². The zero-order chi connectivity index (χ0) is 21.7. The topological polar surface area (TPSA) is 83.0 Å². The summed E-state index contributed by atoms with van der Waals surface area (Å²) in [6.45, 7) is 9.22. The molecule has 1 atom stereocenters. The first-order valence-electron chi connectivity index (χ1n) is 10.5. The second-order valence-electron chi connectivity index (χ2n) is 7.84. The van der Waals surface area contributed by atoms with Gasteiger partial charge in [-0.05, 0) is 36.5 Å². The first-order valence-corrected chi connectivity index (χ1v) is 10.5. The van der Waals surface area contributed by atoms with Crippen LogP contribution in [0.3, 0.4) is 0 Å². The summed E-state index contributed by atoms with van der Waals surface area (Å²) in [6.07, 6.45) is 2.11. The van der Waals surface area contributed by atoms with Crippen molar-refractivity contribution in [2.24, 2.45) is 11.7 Å². The zero-order valence-electron chi connectivity index (χ0n) is 18.1. The van der Waals surface area contributed by atoms with E-state index in [1.165, 1.54) is 0 Å². The number of nitrogens with zero attached hydrogens (tertiary/aromatic N) is 3. The Balaban J connectivity index is 2.09. The Morgan fingerprint density at radius 1 is 1.17 bits per heavy atom. The van der Waals surface area contributed by atoms with Gasteiger partial charge in [-0.2, -0.15) is 0 Å². The minimum absolute atomic E-state index is 0.00161. The van der Waals surface area contributed by atoms with Crippen LogP contribution in [0.2, 0.25) is 0 Å². The highest BCUT2D eigenvalue weighted by molar-refractivity contribution is 5.89.